The van der Waals surface area contributed by atoms with Crippen LogP contribution in [0.15, 0.2) is 121 Å². The molecule has 0 radical (unpaired) electrons. The molecule has 4 aromatic carbocycles. The van der Waals surface area contributed by atoms with Gasteiger partial charge in [0.25, 0.3) is 0 Å². The van der Waals surface area contributed by atoms with Crippen molar-refractivity contribution in [2.45, 2.75) is 25.7 Å². The first-order valence-corrected chi connectivity index (χ1v) is 12.0. The number of halogens is 2. The quantitative estimate of drug-likeness (QED) is 0.311. The van der Waals surface area contributed by atoms with Crippen molar-refractivity contribution in [3.8, 4) is 0 Å². The summed E-state index contributed by atoms with van der Waals surface area (Å²) in [5.74, 6) is 0.768. The molecule has 2 atom stereocenters. The first kappa shape index (κ1) is 30.8. The van der Waals surface area contributed by atoms with E-state index in [-0.39, 0.29) is 51.0 Å². The Morgan fingerprint density at radius 3 is 1.30 bits per heavy atom. The Morgan fingerprint density at radius 2 is 0.919 bits per heavy atom. The number of benzene rings is 2. The molecule has 0 aliphatic heterocycles. The fourth-order valence-electron chi connectivity index (χ4n) is 5.00. The Morgan fingerprint density at radius 1 is 0.541 bits per heavy atom. The zero-order valence-electron chi connectivity index (χ0n) is 21.1. The van der Waals surface area contributed by atoms with Gasteiger partial charge in [-0.3, -0.25) is 0 Å². The third-order valence-corrected chi connectivity index (χ3v) is 6.57. The van der Waals surface area contributed by atoms with E-state index in [1.807, 2.05) is 0 Å². The van der Waals surface area contributed by atoms with Gasteiger partial charge in [-0.15, -0.1) is 47.6 Å². The van der Waals surface area contributed by atoms with Crippen LogP contribution in [-0.4, -0.2) is 0 Å². The van der Waals surface area contributed by atoms with Crippen LogP contribution < -0.4 is 24.8 Å². The van der Waals surface area contributed by atoms with Gasteiger partial charge in [0, 0.05) is 0 Å². The number of aryl methyl sites for hydroxylation is 2. The van der Waals surface area contributed by atoms with Crippen molar-refractivity contribution in [1.82, 2.24) is 0 Å². The third kappa shape index (κ3) is 7.32. The number of hydrogen-bond donors (Lipinski definition) is 0. The Labute approximate surface area is 253 Å². The van der Waals surface area contributed by atoms with Crippen LogP contribution in [0.5, 0.6) is 0 Å². The van der Waals surface area contributed by atoms with Gasteiger partial charge in [0.05, 0.1) is 0 Å². The molecular formula is C34H30Cl2Zr. The standard InChI is InChI=1S/2C17H15.2ClH.Zr/c2*1-13-11-15-9-5-6-10-16(17(15)12-13)14-7-3-2-4-8-14;;;/h2*2-12,16H,1H3;2*1H;/q2*-1;;;+4/p-2. The van der Waals surface area contributed by atoms with Crippen LogP contribution in [0.2, 0.25) is 0 Å². The summed E-state index contributed by atoms with van der Waals surface area (Å²) in [5.41, 5.74) is 10.9. The van der Waals surface area contributed by atoms with Crippen LogP contribution in [0.3, 0.4) is 0 Å². The molecule has 2 aliphatic rings. The Balaban J connectivity index is 0.000000241. The van der Waals surface area contributed by atoms with Crippen LogP contribution in [0.25, 0.3) is 12.2 Å². The monoisotopic (exact) mass is 598 g/mol. The van der Waals surface area contributed by atoms with Gasteiger partial charge in [-0.25, -0.2) is 0 Å². The van der Waals surface area contributed by atoms with E-state index in [4.69, 9.17) is 0 Å². The Hall–Kier alpha value is -2.44. The number of rotatable bonds is 2. The van der Waals surface area contributed by atoms with Crippen molar-refractivity contribution in [2.24, 2.45) is 0 Å². The van der Waals surface area contributed by atoms with Crippen molar-refractivity contribution in [3.63, 3.8) is 0 Å². The maximum atomic E-state index is 2.30. The predicted octanol–water partition coefficient (Wildman–Crippen LogP) is 2.86. The number of fused-ring (bicyclic) bond motifs is 2. The molecule has 0 spiro atoms. The summed E-state index contributed by atoms with van der Waals surface area (Å²) in [4.78, 5) is 0. The van der Waals surface area contributed by atoms with E-state index < -0.39 is 0 Å². The molecule has 2 unspecified atom stereocenters. The topological polar surface area (TPSA) is 0 Å². The molecule has 0 amide bonds. The minimum Gasteiger partial charge on any atom is -1.00 e. The van der Waals surface area contributed by atoms with Gasteiger partial charge in [0.15, 0.2) is 0 Å². The SMILES string of the molecule is Cc1cc2c([cH-]1)C=CC=CC2c1ccccc1.Cc1cc2c([cH-]1)C=CC=CC2c1ccccc1.[Cl-].[Cl-].[Zr+4]. The van der Waals surface area contributed by atoms with Crippen LogP contribution >= 0.6 is 0 Å². The van der Waals surface area contributed by atoms with Crippen LogP contribution in [0.4, 0.5) is 0 Å². The molecule has 0 aromatic heterocycles. The van der Waals surface area contributed by atoms with Gasteiger partial charge < -0.3 is 24.8 Å². The van der Waals surface area contributed by atoms with Gasteiger partial charge in [-0.05, 0) is 23.0 Å². The molecule has 0 nitrogen and oxygen atoms in total. The Kier molecular flexibility index (Phi) is 12.1. The minimum atomic E-state index is 0. The molecule has 0 saturated heterocycles. The largest absolute Gasteiger partial charge is 4.00 e. The van der Waals surface area contributed by atoms with E-state index in [2.05, 4.69) is 147 Å². The van der Waals surface area contributed by atoms with E-state index in [1.54, 1.807) is 0 Å². The first-order chi connectivity index (χ1) is 16.7. The zero-order chi connectivity index (χ0) is 23.3. The molecule has 2 aliphatic carbocycles. The van der Waals surface area contributed by atoms with Crippen molar-refractivity contribution >= 4 is 12.2 Å². The maximum absolute atomic E-state index is 2.30. The second-order valence-electron chi connectivity index (χ2n) is 9.15. The van der Waals surface area contributed by atoms with Crippen LogP contribution in [0.1, 0.15) is 56.3 Å². The molecule has 37 heavy (non-hydrogen) atoms. The normalized spacial score (nSPS) is 16.4. The zero-order valence-corrected chi connectivity index (χ0v) is 25.1. The number of hydrogen-bond acceptors (Lipinski definition) is 0. The fourth-order valence-corrected chi connectivity index (χ4v) is 5.00. The molecule has 0 bridgehead atoms. The summed E-state index contributed by atoms with van der Waals surface area (Å²) >= 11 is 0. The van der Waals surface area contributed by atoms with Crippen LogP contribution in [-0.2, 0) is 26.2 Å². The van der Waals surface area contributed by atoms with E-state index in [0.717, 1.165) is 0 Å². The summed E-state index contributed by atoms with van der Waals surface area (Å²) < 4.78 is 0. The first-order valence-electron chi connectivity index (χ1n) is 12.0. The summed E-state index contributed by atoms with van der Waals surface area (Å²) in [6.45, 7) is 4.32. The Bertz CT molecular complexity index is 1260. The fraction of sp³-hybridized carbons (Fsp3) is 0.118. The van der Waals surface area contributed by atoms with Crippen molar-refractivity contribution in [1.29, 1.82) is 0 Å². The molecule has 184 valence electrons. The predicted molar refractivity (Wildman–Crippen MR) is 146 cm³/mol. The van der Waals surface area contributed by atoms with Crippen molar-refractivity contribution in [2.75, 3.05) is 0 Å². The molecule has 4 aromatic rings. The van der Waals surface area contributed by atoms with Gasteiger partial charge in [0.2, 0.25) is 0 Å². The van der Waals surface area contributed by atoms with E-state index in [0.29, 0.717) is 11.8 Å². The van der Waals surface area contributed by atoms with Gasteiger partial charge in [-0.2, -0.15) is 34.4 Å². The molecule has 0 fully saturated rings. The third-order valence-electron chi connectivity index (χ3n) is 6.57. The van der Waals surface area contributed by atoms with E-state index >= 15 is 0 Å². The second-order valence-corrected chi connectivity index (χ2v) is 9.15. The van der Waals surface area contributed by atoms with Crippen LogP contribution in [0, 0.1) is 13.8 Å². The molecule has 0 saturated carbocycles. The van der Waals surface area contributed by atoms with E-state index in [1.165, 1.54) is 44.5 Å². The summed E-state index contributed by atoms with van der Waals surface area (Å²) in [6, 6.07) is 30.5. The minimum absolute atomic E-state index is 0. The molecule has 6 rings (SSSR count). The molecule has 3 heteroatoms. The number of allylic oxidation sites excluding steroid dienone is 6. The van der Waals surface area contributed by atoms with Crippen molar-refractivity contribution < 1.29 is 51.0 Å². The second kappa shape index (κ2) is 14.5. The summed E-state index contributed by atoms with van der Waals surface area (Å²) in [5, 5.41) is 0. The maximum Gasteiger partial charge on any atom is 4.00 e. The van der Waals surface area contributed by atoms with Crippen molar-refractivity contribution in [3.05, 3.63) is 166 Å². The average Bonchev–Trinajstić information content (AvgIpc) is 3.27. The molecular weight excluding hydrogens is 571 g/mol. The van der Waals surface area contributed by atoms with Gasteiger partial charge in [-0.1, -0.05) is 98.8 Å². The average molecular weight is 601 g/mol. The molecule has 0 heterocycles. The summed E-state index contributed by atoms with van der Waals surface area (Å²) in [6.07, 6.45) is 17.5. The van der Waals surface area contributed by atoms with Gasteiger partial charge >= 0.3 is 26.2 Å². The summed E-state index contributed by atoms with van der Waals surface area (Å²) in [7, 11) is 0. The van der Waals surface area contributed by atoms with Gasteiger partial charge in [0.1, 0.15) is 0 Å². The molecule has 0 N–H and O–H groups in total. The smallest absolute Gasteiger partial charge is 1.00 e. The van der Waals surface area contributed by atoms with E-state index in [9.17, 15) is 0 Å².